The number of hydrogen-bond donors (Lipinski definition) is 2. The predicted octanol–water partition coefficient (Wildman–Crippen LogP) is 2.78. The first-order chi connectivity index (χ1) is 8.96. The van der Waals surface area contributed by atoms with Crippen LogP contribution in [0.15, 0.2) is 12.1 Å². The molecule has 0 radical (unpaired) electrons. The molecule has 1 fully saturated rings. The number of nitrogen functional groups attached to an aromatic ring is 1. The Balaban J connectivity index is 2.07. The van der Waals surface area contributed by atoms with Crippen molar-refractivity contribution >= 4 is 17.3 Å². The van der Waals surface area contributed by atoms with Crippen molar-refractivity contribution in [3.05, 3.63) is 23.3 Å². The van der Waals surface area contributed by atoms with Gasteiger partial charge in [-0.15, -0.1) is 0 Å². The highest BCUT2D eigenvalue weighted by molar-refractivity contribution is 5.93. The molecular formula is C15H22N2O2. The third-order valence-corrected chi connectivity index (χ3v) is 4.00. The van der Waals surface area contributed by atoms with Crippen LogP contribution >= 0.6 is 0 Å². The van der Waals surface area contributed by atoms with E-state index in [1.54, 1.807) is 7.11 Å². The molecule has 1 aromatic rings. The molecule has 0 aliphatic heterocycles. The van der Waals surface area contributed by atoms with Crippen LogP contribution in [0.25, 0.3) is 0 Å². The Bertz CT molecular complexity index is 464. The summed E-state index contributed by atoms with van der Waals surface area (Å²) < 4.78 is 5.48. The highest BCUT2D eigenvalue weighted by Crippen LogP contribution is 2.38. The van der Waals surface area contributed by atoms with Crippen LogP contribution in [-0.4, -0.2) is 18.6 Å². The maximum atomic E-state index is 12.1. The number of nitrogens with two attached hydrogens (primary N) is 1. The zero-order chi connectivity index (χ0) is 14.0. The summed E-state index contributed by atoms with van der Waals surface area (Å²) in [5, 5.41) is 2.99. The van der Waals surface area contributed by atoms with Crippen LogP contribution in [-0.2, 0) is 9.53 Å². The maximum Gasteiger partial charge on any atom is 0.227 e. The second kappa shape index (κ2) is 5.21. The van der Waals surface area contributed by atoms with Crippen molar-refractivity contribution in [2.24, 2.45) is 0 Å². The van der Waals surface area contributed by atoms with E-state index in [0.29, 0.717) is 6.42 Å². The van der Waals surface area contributed by atoms with Crippen molar-refractivity contribution in [1.82, 2.24) is 0 Å². The first-order valence-corrected chi connectivity index (χ1v) is 6.67. The topological polar surface area (TPSA) is 64.3 Å². The average molecular weight is 262 g/mol. The molecular weight excluding hydrogens is 240 g/mol. The van der Waals surface area contributed by atoms with Crippen molar-refractivity contribution in [1.29, 1.82) is 0 Å². The molecule has 1 aromatic carbocycles. The molecule has 1 aliphatic rings. The van der Waals surface area contributed by atoms with Crippen LogP contribution in [0, 0.1) is 13.8 Å². The SMILES string of the molecule is COC1(CC(=O)Nc2c(C)cc(N)cc2C)CCC1. The number of carbonyl (C=O) groups excluding carboxylic acids is 1. The van der Waals surface area contributed by atoms with Gasteiger partial charge < -0.3 is 15.8 Å². The largest absolute Gasteiger partial charge is 0.399 e. The number of amides is 1. The van der Waals surface area contributed by atoms with Crippen LogP contribution in [0.3, 0.4) is 0 Å². The number of carbonyl (C=O) groups is 1. The molecule has 0 bridgehead atoms. The normalized spacial score (nSPS) is 16.8. The zero-order valence-electron chi connectivity index (χ0n) is 11.9. The molecule has 1 aliphatic carbocycles. The van der Waals surface area contributed by atoms with Crippen molar-refractivity contribution in [3.63, 3.8) is 0 Å². The first kappa shape index (κ1) is 13.9. The van der Waals surface area contributed by atoms with Crippen LogP contribution in [0.1, 0.15) is 36.8 Å². The fourth-order valence-electron chi connectivity index (χ4n) is 2.69. The Hall–Kier alpha value is -1.55. The van der Waals surface area contributed by atoms with E-state index in [4.69, 9.17) is 10.5 Å². The molecule has 1 saturated carbocycles. The highest BCUT2D eigenvalue weighted by Gasteiger charge is 2.39. The number of aryl methyl sites for hydroxylation is 2. The van der Waals surface area contributed by atoms with Gasteiger partial charge in [-0.1, -0.05) is 0 Å². The van der Waals surface area contributed by atoms with Gasteiger partial charge in [-0.25, -0.2) is 0 Å². The Kier molecular flexibility index (Phi) is 3.80. The molecule has 19 heavy (non-hydrogen) atoms. The first-order valence-electron chi connectivity index (χ1n) is 6.67. The smallest absolute Gasteiger partial charge is 0.227 e. The molecule has 0 spiro atoms. The average Bonchev–Trinajstić information content (AvgIpc) is 2.28. The van der Waals surface area contributed by atoms with Gasteiger partial charge in [0.2, 0.25) is 5.91 Å². The van der Waals surface area contributed by atoms with E-state index in [0.717, 1.165) is 41.8 Å². The third kappa shape index (κ3) is 2.89. The number of benzene rings is 1. The molecule has 3 N–H and O–H groups in total. The highest BCUT2D eigenvalue weighted by atomic mass is 16.5. The summed E-state index contributed by atoms with van der Waals surface area (Å²) in [5.41, 5.74) is 9.12. The van der Waals surface area contributed by atoms with E-state index in [1.807, 2.05) is 26.0 Å². The van der Waals surface area contributed by atoms with Gasteiger partial charge in [0.25, 0.3) is 0 Å². The van der Waals surface area contributed by atoms with Crippen LogP contribution in [0.5, 0.6) is 0 Å². The van der Waals surface area contributed by atoms with Crippen LogP contribution in [0.4, 0.5) is 11.4 Å². The van der Waals surface area contributed by atoms with E-state index in [1.165, 1.54) is 0 Å². The molecule has 0 heterocycles. The van der Waals surface area contributed by atoms with E-state index in [9.17, 15) is 4.79 Å². The summed E-state index contributed by atoms with van der Waals surface area (Å²) in [6.07, 6.45) is 3.50. The summed E-state index contributed by atoms with van der Waals surface area (Å²) >= 11 is 0. The number of nitrogens with one attached hydrogen (secondary N) is 1. The molecule has 0 atom stereocenters. The molecule has 4 heteroatoms. The van der Waals surface area contributed by atoms with Crippen molar-refractivity contribution in [2.75, 3.05) is 18.2 Å². The van der Waals surface area contributed by atoms with Gasteiger partial charge in [0.1, 0.15) is 0 Å². The van der Waals surface area contributed by atoms with Gasteiger partial charge in [0, 0.05) is 18.5 Å². The lowest BCUT2D eigenvalue weighted by Gasteiger charge is -2.40. The lowest BCUT2D eigenvalue weighted by Crippen LogP contribution is -2.42. The standard InChI is InChI=1S/C15H22N2O2/c1-10-7-12(16)8-11(2)14(10)17-13(18)9-15(19-3)5-4-6-15/h7-8H,4-6,9,16H2,1-3H3,(H,17,18). The second-order valence-electron chi connectivity index (χ2n) is 5.50. The van der Waals surface area contributed by atoms with Gasteiger partial charge in [-0.3, -0.25) is 4.79 Å². The monoisotopic (exact) mass is 262 g/mol. The third-order valence-electron chi connectivity index (χ3n) is 4.00. The fourth-order valence-corrected chi connectivity index (χ4v) is 2.69. The number of anilines is 2. The Morgan fingerprint density at radius 2 is 1.95 bits per heavy atom. The molecule has 1 amide bonds. The minimum Gasteiger partial charge on any atom is -0.399 e. The molecule has 2 rings (SSSR count). The summed E-state index contributed by atoms with van der Waals surface area (Å²) in [4.78, 5) is 12.1. The van der Waals surface area contributed by atoms with Gasteiger partial charge >= 0.3 is 0 Å². The molecule has 104 valence electrons. The Morgan fingerprint density at radius 3 is 2.37 bits per heavy atom. The van der Waals surface area contributed by atoms with E-state index < -0.39 is 0 Å². The van der Waals surface area contributed by atoms with E-state index in [-0.39, 0.29) is 11.5 Å². The van der Waals surface area contributed by atoms with Gasteiger partial charge in [0.05, 0.1) is 12.0 Å². The summed E-state index contributed by atoms with van der Waals surface area (Å²) in [6, 6.07) is 3.75. The van der Waals surface area contributed by atoms with Crippen molar-refractivity contribution in [3.8, 4) is 0 Å². The molecule has 0 unspecified atom stereocenters. The van der Waals surface area contributed by atoms with Gasteiger partial charge in [-0.2, -0.15) is 0 Å². The minimum atomic E-state index is -0.236. The van der Waals surface area contributed by atoms with Gasteiger partial charge in [-0.05, 0) is 56.4 Å². The van der Waals surface area contributed by atoms with Gasteiger partial charge in [0.15, 0.2) is 0 Å². The molecule has 0 aromatic heterocycles. The molecule has 0 saturated heterocycles. The summed E-state index contributed by atoms with van der Waals surface area (Å²) in [7, 11) is 1.69. The van der Waals surface area contributed by atoms with E-state index in [2.05, 4.69) is 5.32 Å². The van der Waals surface area contributed by atoms with Crippen LogP contribution in [0.2, 0.25) is 0 Å². The Labute approximate surface area is 114 Å². The second-order valence-corrected chi connectivity index (χ2v) is 5.50. The van der Waals surface area contributed by atoms with Crippen molar-refractivity contribution in [2.45, 2.75) is 45.1 Å². The quantitative estimate of drug-likeness (QED) is 0.820. The predicted molar refractivity (Wildman–Crippen MR) is 77.2 cm³/mol. The maximum absolute atomic E-state index is 12.1. The van der Waals surface area contributed by atoms with Crippen molar-refractivity contribution < 1.29 is 9.53 Å². The lowest BCUT2D eigenvalue weighted by molar-refractivity contribution is -0.129. The Morgan fingerprint density at radius 1 is 1.37 bits per heavy atom. The zero-order valence-corrected chi connectivity index (χ0v) is 11.9. The number of rotatable bonds is 4. The number of hydrogen-bond acceptors (Lipinski definition) is 3. The number of methoxy groups -OCH3 is 1. The summed E-state index contributed by atoms with van der Waals surface area (Å²) in [5.74, 6) is 0.0116. The summed E-state index contributed by atoms with van der Waals surface area (Å²) in [6.45, 7) is 3.91. The number of ether oxygens (including phenoxy) is 1. The minimum absolute atomic E-state index is 0.0116. The molecule has 4 nitrogen and oxygen atoms in total. The van der Waals surface area contributed by atoms with E-state index >= 15 is 0 Å². The van der Waals surface area contributed by atoms with Crippen LogP contribution < -0.4 is 11.1 Å². The fraction of sp³-hybridized carbons (Fsp3) is 0.533. The lowest BCUT2D eigenvalue weighted by atomic mass is 9.77.